The number of rotatable bonds is 14. The Morgan fingerprint density at radius 1 is 0.324 bits per heavy atom. The summed E-state index contributed by atoms with van der Waals surface area (Å²) in [7, 11) is -6.35. The molecular weight excluding hydrogens is 557 g/mol. The van der Waals surface area contributed by atoms with Gasteiger partial charge in [0.1, 0.15) is 0 Å². The van der Waals surface area contributed by atoms with Crippen LogP contribution in [0.4, 0.5) is 0 Å². The molecule has 0 aliphatic carbocycles. The first-order chi connectivity index (χ1) is 16.5. The zero-order chi connectivity index (χ0) is 29.2. The Labute approximate surface area is 241 Å². The van der Waals surface area contributed by atoms with E-state index in [0.29, 0.717) is 0 Å². The van der Waals surface area contributed by atoms with E-state index in [1.807, 2.05) is 0 Å². The molecule has 0 saturated carbocycles. The van der Waals surface area contributed by atoms with Crippen LogP contribution in [-0.4, -0.2) is 48.8 Å². The fourth-order valence-corrected chi connectivity index (χ4v) is 556. The third kappa shape index (κ3) is 4.42. The van der Waals surface area contributed by atoms with Crippen LogP contribution in [0, 0.1) is 35.5 Å². The normalized spacial score (nSPS) is 28.5. The molecule has 0 aromatic rings. The molecule has 3 saturated heterocycles. The minimum atomic E-state index is -1.30. The maximum atomic E-state index is 3.04. The molecule has 3 aliphatic rings. The van der Waals surface area contributed by atoms with E-state index in [1.54, 1.807) is 36.3 Å². The lowest BCUT2D eigenvalue weighted by Crippen LogP contribution is -3.37. The molecule has 3 aliphatic heterocycles. The Kier molecular flexibility index (Phi) is 10.3. The van der Waals surface area contributed by atoms with E-state index in [9.17, 15) is 0 Å². The van der Waals surface area contributed by atoms with E-state index in [-0.39, 0.29) is 0 Å². The van der Waals surface area contributed by atoms with Crippen molar-refractivity contribution in [1.82, 2.24) is 0 Å². The van der Waals surface area contributed by atoms with Crippen molar-refractivity contribution >= 4 is 48.8 Å². The summed E-state index contributed by atoms with van der Waals surface area (Å²) in [4.78, 5) is 0. The van der Waals surface area contributed by atoms with Crippen LogP contribution in [0.3, 0.4) is 0 Å². The molecule has 0 amide bonds. The summed E-state index contributed by atoms with van der Waals surface area (Å²) in [5, 5.41) is 0. The quantitative estimate of drug-likeness (QED) is 0.168. The lowest BCUT2D eigenvalue weighted by Gasteiger charge is -3.05. The first-order valence-corrected chi connectivity index (χ1v) is 42.7. The fraction of sp³-hybridized carbons (Fsp3) is 1.00. The molecule has 0 unspecified atom stereocenters. The van der Waals surface area contributed by atoms with Gasteiger partial charge in [0.2, 0.25) is 0 Å². The van der Waals surface area contributed by atoms with Crippen molar-refractivity contribution in [2.24, 2.45) is 35.5 Å². The van der Waals surface area contributed by atoms with E-state index in [4.69, 9.17) is 0 Å². The minimum Gasteiger partial charge on any atom is -0.0721 e. The first kappa shape index (κ1) is 34.7. The molecule has 2 bridgehead atoms. The van der Waals surface area contributed by atoms with Gasteiger partial charge in [-0.25, -0.2) is 0 Å². The highest BCUT2D eigenvalue weighted by atomic mass is 30.8. The SMILES string of the molecule is CC(C)C[Si]1(CC(C)C)[Si]2([Si](C)(C)C)[Si](CC(C)C)(CC(C)C)[Si]1([Si](C)(C)C)[Si]2(CC(C)C)CC(C)C. The second kappa shape index (κ2) is 11.0. The largest absolute Gasteiger partial charge is 0.0721 e. The molecule has 220 valence electrons. The zero-order valence-corrected chi connectivity index (χ0v) is 36.2. The van der Waals surface area contributed by atoms with Crippen molar-refractivity contribution in [3.8, 4) is 0 Å². The van der Waals surface area contributed by atoms with Crippen molar-refractivity contribution in [3.63, 3.8) is 0 Å². The molecule has 37 heavy (non-hydrogen) atoms. The Morgan fingerprint density at radius 2 is 0.459 bits per heavy atom. The molecule has 0 aromatic carbocycles. The predicted molar refractivity (Wildman–Crippen MR) is 193 cm³/mol. The summed E-state index contributed by atoms with van der Waals surface area (Å²) in [5.74, 6) is 5.71. The third-order valence-corrected chi connectivity index (χ3v) is 259. The standard InChI is InChI=1S/C30H72Si7/c1-25(2)19-33(20-26(3)4)36(31(13,14)15)34(21-27(5)6,22-28(7)8)37(33,32(16,17)18)35(36,23-29(9)10)24-30(11)12/h25-30H,19-24H2,1-18H3. The molecule has 0 radical (unpaired) electrons. The first-order valence-electron chi connectivity index (χ1n) is 16.5. The lowest BCUT2D eigenvalue weighted by atomic mass is 10.3. The van der Waals surface area contributed by atoms with Gasteiger partial charge >= 0.3 is 0 Å². The monoisotopic (exact) mass is 628 g/mol. The summed E-state index contributed by atoms with van der Waals surface area (Å²) in [6.45, 7) is 50.3. The molecule has 3 rings (SSSR count). The second-order valence-corrected chi connectivity index (χ2v) is 107. The minimum absolute atomic E-state index is 0.951. The maximum Gasteiger partial charge on any atom is 0.0306 e. The molecule has 0 atom stereocenters. The Morgan fingerprint density at radius 3 is 0.541 bits per heavy atom. The Bertz CT molecular complexity index is 635. The summed E-state index contributed by atoms with van der Waals surface area (Å²) < 4.78 is 0. The van der Waals surface area contributed by atoms with Gasteiger partial charge in [0.15, 0.2) is 0 Å². The molecule has 0 spiro atoms. The Hall–Kier alpha value is 1.52. The van der Waals surface area contributed by atoms with Gasteiger partial charge in [-0.2, -0.15) is 0 Å². The molecule has 0 N–H and O–H groups in total. The van der Waals surface area contributed by atoms with Crippen molar-refractivity contribution in [3.05, 3.63) is 0 Å². The van der Waals surface area contributed by atoms with E-state index in [0.717, 1.165) is 35.5 Å². The van der Waals surface area contributed by atoms with Crippen LogP contribution < -0.4 is 0 Å². The van der Waals surface area contributed by atoms with Crippen LogP contribution in [0.2, 0.25) is 75.5 Å². The van der Waals surface area contributed by atoms with Gasteiger partial charge in [-0.05, 0) is 35.5 Å². The van der Waals surface area contributed by atoms with Gasteiger partial charge in [-0.15, -0.1) is 0 Å². The summed E-state index contributed by atoms with van der Waals surface area (Å²) in [6, 6.07) is 10.8. The highest BCUT2D eigenvalue weighted by molar-refractivity contribution is 8.60. The maximum absolute atomic E-state index is 3.04. The molecular formula is C30H72Si7. The van der Waals surface area contributed by atoms with Gasteiger partial charge in [0.25, 0.3) is 0 Å². The lowest BCUT2D eigenvalue weighted by molar-refractivity contribution is 0.675. The highest BCUT2D eigenvalue weighted by Crippen LogP contribution is 2.82. The summed E-state index contributed by atoms with van der Waals surface area (Å²) in [6.07, 6.45) is -2.60. The van der Waals surface area contributed by atoms with Gasteiger partial charge in [-0.1, -0.05) is 159 Å². The van der Waals surface area contributed by atoms with E-state index in [1.165, 1.54) is 0 Å². The van der Waals surface area contributed by atoms with Crippen molar-refractivity contribution in [1.29, 1.82) is 0 Å². The van der Waals surface area contributed by atoms with Crippen LogP contribution in [0.5, 0.6) is 0 Å². The van der Waals surface area contributed by atoms with Crippen LogP contribution in [0.15, 0.2) is 0 Å². The molecule has 0 aromatic heterocycles. The van der Waals surface area contributed by atoms with Crippen LogP contribution in [0.25, 0.3) is 0 Å². The molecule has 3 heterocycles. The average Bonchev–Trinajstić information content (AvgIpc) is 2.54. The summed E-state index contributed by atoms with van der Waals surface area (Å²) in [5.41, 5.74) is 0. The van der Waals surface area contributed by atoms with Gasteiger partial charge in [0.05, 0.1) is 0 Å². The van der Waals surface area contributed by atoms with E-state index >= 15 is 0 Å². The molecule has 0 nitrogen and oxygen atoms in total. The fourth-order valence-electron chi connectivity index (χ4n) is 14.0. The van der Waals surface area contributed by atoms with Crippen molar-refractivity contribution < 1.29 is 0 Å². The average molecular weight is 630 g/mol. The van der Waals surface area contributed by atoms with Crippen LogP contribution in [0.1, 0.15) is 83.1 Å². The van der Waals surface area contributed by atoms with Crippen molar-refractivity contribution in [2.75, 3.05) is 0 Å². The van der Waals surface area contributed by atoms with Gasteiger partial charge < -0.3 is 0 Å². The highest BCUT2D eigenvalue weighted by Gasteiger charge is 3.10. The van der Waals surface area contributed by atoms with E-state index in [2.05, 4.69) is 122 Å². The van der Waals surface area contributed by atoms with E-state index < -0.39 is 48.8 Å². The molecule has 7 heteroatoms. The predicted octanol–water partition coefficient (Wildman–Crippen LogP) is 10.5. The van der Waals surface area contributed by atoms with Crippen LogP contribution >= 0.6 is 0 Å². The second-order valence-electron chi connectivity index (χ2n) is 18.8. The zero-order valence-electron chi connectivity index (χ0n) is 29.2. The molecule has 3 fully saturated rings. The van der Waals surface area contributed by atoms with Crippen LogP contribution in [-0.2, 0) is 0 Å². The Balaban J connectivity index is 3.29. The summed E-state index contributed by atoms with van der Waals surface area (Å²) >= 11 is 0. The smallest absolute Gasteiger partial charge is 0.0306 e. The van der Waals surface area contributed by atoms with Crippen molar-refractivity contribution in [2.45, 2.75) is 159 Å². The van der Waals surface area contributed by atoms with Gasteiger partial charge in [0, 0.05) is 48.8 Å². The van der Waals surface area contributed by atoms with Gasteiger partial charge in [-0.3, -0.25) is 0 Å². The number of hydrogen-bond donors (Lipinski definition) is 0. The topological polar surface area (TPSA) is 0 Å². The number of hydrogen-bond acceptors (Lipinski definition) is 0. The third-order valence-electron chi connectivity index (χ3n) is 11.1.